The number of aryl methyl sites for hydroxylation is 1. The van der Waals surface area contributed by atoms with Gasteiger partial charge in [-0.15, -0.1) is 0 Å². The molecule has 1 saturated carbocycles. The van der Waals surface area contributed by atoms with E-state index < -0.39 is 11.5 Å². The number of benzene rings is 1. The number of carboxylic acid groups (broad SMARTS) is 1. The van der Waals surface area contributed by atoms with Crippen LogP contribution >= 0.6 is 0 Å². The molecule has 1 amide bonds. The van der Waals surface area contributed by atoms with Gasteiger partial charge in [-0.05, 0) is 31.9 Å². The Labute approximate surface area is 140 Å². The molecule has 0 aliphatic heterocycles. The molecule has 126 valence electrons. The van der Waals surface area contributed by atoms with Crippen LogP contribution in [-0.2, 0) is 4.79 Å². The molecule has 1 aromatic heterocycles. The zero-order valence-electron chi connectivity index (χ0n) is 13.7. The van der Waals surface area contributed by atoms with Crippen molar-refractivity contribution in [3.63, 3.8) is 0 Å². The standard InChI is InChI=1S/C18H21N3O3/c1-13-15(12-21(20-13)14-8-4-2-5-9-14)16(22)19-18(17(23)24)10-6-3-7-11-18/h2,4-5,8-9,12H,3,6-7,10-11H2,1H3,(H,19,22)(H,23,24). The summed E-state index contributed by atoms with van der Waals surface area (Å²) in [5.74, 6) is -1.33. The third-order valence-corrected chi connectivity index (χ3v) is 4.63. The van der Waals surface area contributed by atoms with Crippen molar-refractivity contribution in [1.29, 1.82) is 0 Å². The van der Waals surface area contributed by atoms with Gasteiger partial charge >= 0.3 is 5.97 Å². The fourth-order valence-electron chi connectivity index (χ4n) is 3.23. The van der Waals surface area contributed by atoms with Gasteiger partial charge in [-0.3, -0.25) is 4.79 Å². The van der Waals surface area contributed by atoms with Gasteiger partial charge in [0.15, 0.2) is 0 Å². The Bertz CT molecular complexity index is 746. The van der Waals surface area contributed by atoms with Crippen molar-refractivity contribution in [2.75, 3.05) is 0 Å². The van der Waals surface area contributed by atoms with Crippen molar-refractivity contribution in [2.45, 2.75) is 44.6 Å². The van der Waals surface area contributed by atoms with E-state index in [1.54, 1.807) is 17.8 Å². The van der Waals surface area contributed by atoms with Gasteiger partial charge in [0.1, 0.15) is 5.54 Å². The molecular weight excluding hydrogens is 306 g/mol. The lowest BCUT2D eigenvalue weighted by Crippen LogP contribution is -2.55. The first-order chi connectivity index (χ1) is 11.5. The summed E-state index contributed by atoms with van der Waals surface area (Å²) < 4.78 is 1.64. The number of hydrogen-bond acceptors (Lipinski definition) is 3. The van der Waals surface area contributed by atoms with E-state index in [2.05, 4.69) is 10.4 Å². The van der Waals surface area contributed by atoms with Crippen molar-refractivity contribution in [3.05, 3.63) is 47.8 Å². The van der Waals surface area contributed by atoms with E-state index in [0.29, 0.717) is 24.1 Å². The van der Waals surface area contributed by atoms with Crippen molar-refractivity contribution >= 4 is 11.9 Å². The highest BCUT2D eigenvalue weighted by Crippen LogP contribution is 2.29. The summed E-state index contributed by atoms with van der Waals surface area (Å²) in [6.45, 7) is 1.75. The number of carboxylic acids is 1. The minimum atomic E-state index is -1.16. The van der Waals surface area contributed by atoms with Crippen molar-refractivity contribution < 1.29 is 14.7 Å². The number of hydrogen-bond donors (Lipinski definition) is 2. The van der Waals surface area contributed by atoms with Crippen LogP contribution in [0, 0.1) is 6.92 Å². The van der Waals surface area contributed by atoms with Crippen molar-refractivity contribution in [2.24, 2.45) is 0 Å². The molecule has 0 radical (unpaired) electrons. The second-order valence-electron chi connectivity index (χ2n) is 6.31. The van der Waals surface area contributed by atoms with Gasteiger partial charge in [-0.2, -0.15) is 5.10 Å². The lowest BCUT2D eigenvalue weighted by atomic mass is 9.81. The number of para-hydroxylation sites is 1. The van der Waals surface area contributed by atoms with Crippen LogP contribution in [0.3, 0.4) is 0 Å². The zero-order valence-corrected chi connectivity index (χ0v) is 13.7. The molecule has 2 aromatic rings. The molecule has 1 aromatic carbocycles. The quantitative estimate of drug-likeness (QED) is 0.904. The predicted molar refractivity (Wildman–Crippen MR) is 89.2 cm³/mol. The van der Waals surface area contributed by atoms with Gasteiger partial charge in [0, 0.05) is 6.20 Å². The van der Waals surface area contributed by atoms with E-state index in [-0.39, 0.29) is 5.91 Å². The first-order valence-corrected chi connectivity index (χ1v) is 8.19. The van der Waals surface area contributed by atoms with Gasteiger partial charge in [-0.1, -0.05) is 37.5 Å². The topological polar surface area (TPSA) is 84.2 Å². The number of rotatable bonds is 4. The molecule has 1 aliphatic rings. The average molecular weight is 327 g/mol. The predicted octanol–water partition coefficient (Wildman–Crippen LogP) is 2.70. The maximum Gasteiger partial charge on any atom is 0.329 e. The second kappa shape index (κ2) is 6.47. The highest BCUT2D eigenvalue weighted by Gasteiger charge is 2.41. The van der Waals surface area contributed by atoms with E-state index in [1.165, 1.54) is 0 Å². The Morgan fingerprint density at radius 3 is 2.46 bits per heavy atom. The molecule has 0 spiro atoms. The molecule has 0 saturated heterocycles. The van der Waals surface area contributed by atoms with E-state index in [4.69, 9.17) is 0 Å². The van der Waals surface area contributed by atoms with E-state index >= 15 is 0 Å². The molecule has 6 nitrogen and oxygen atoms in total. The molecule has 2 N–H and O–H groups in total. The number of amides is 1. The summed E-state index contributed by atoms with van der Waals surface area (Å²) in [5, 5.41) is 16.7. The third kappa shape index (κ3) is 3.04. The molecular formula is C18H21N3O3. The molecule has 1 heterocycles. The highest BCUT2D eigenvalue weighted by molar-refractivity contribution is 5.98. The minimum absolute atomic E-state index is 0.376. The number of carbonyl (C=O) groups is 2. The normalized spacial score (nSPS) is 16.5. The monoisotopic (exact) mass is 327 g/mol. The van der Waals surface area contributed by atoms with Crippen molar-refractivity contribution in [1.82, 2.24) is 15.1 Å². The zero-order chi connectivity index (χ0) is 17.2. The maximum atomic E-state index is 12.7. The third-order valence-electron chi connectivity index (χ3n) is 4.63. The summed E-state index contributed by atoms with van der Waals surface area (Å²) >= 11 is 0. The highest BCUT2D eigenvalue weighted by atomic mass is 16.4. The van der Waals surface area contributed by atoms with E-state index in [1.807, 2.05) is 30.3 Å². The Hall–Kier alpha value is -2.63. The molecule has 3 rings (SSSR count). The van der Waals surface area contributed by atoms with Crippen LogP contribution in [0.25, 0.3) is 5.69 Å². The summed E-state index contributed by atoms with van der Waals surface area (Å²) in [5.41, 5.74) is 0.680. The number of aromatic nitrogens is 2. The van der Waals surface area contributed by atoms with E-state index in [0.717, 1.165) is 24.9 Å². The number of carbonyl (C=O) groups excluding carboxylic acids is 1. The lowest BCUT2D eigenvalue weighted by molar-refractivity contribution is -0.145. The summed E-state index contributed by atoms with van der Waals surface area (Å²) in [6, 6.07) is 9.50. The first-order valence-electron chi connectivity index (χ1n) is 8.19. The van der Waals surface area contributed by atoms with Crippen molar-refractivity contribution in [3.8, 4) is 5.69 Å². The van der Waals surface area contributed by atoms with Crippen LogP contribution in [0.4, 0.5) is 0 Å². The molecule has 0 unspecified atom stereocenters. The molecule has 6 heteroatoms. The van der Waals surface area contributed by atoms with Crippen LogP contribution in [-0.4, -0.2) is 32.3 Å². The van der Waals surface area contributed by atoms with Crippen LogP contribution < -0.4 is 5.32 Å². The van der Waals surface area contributed by atoms with Crippen LogP contribution in [0.2, 0.25) is 0 Å². The Kier molecular flexibility index (Phi) is 4.38. The smallest absolute Gasteiger partial charge is 0.329 e. The fourth-order valence-corrected chi connectivity index (χ4v) is 3.23. The van der Waals surface area contributed by atoms with Crippen LogP contribution in [0.15, 0.2) is 36.5 Å². The number of nitrogens with one attached hydrogen (secondary N) is 1. The summed E-state index contributed by atoms with van der Waals surface area (Å²) in [4.78, 5) is 24.4. The molecule has 1 fully saturated rings. The SMILES string of the molecule is Cc1nn(-c2ccccc2)cc1C(=O)NC1(C(=O)O)CCCCC1. The lowest BCUT2D eigenvalue weighted by Gasteiger charge is -2.33. The van der Waals surface area contributed by atoms with Gasteiger partial charge in [0.25, 0.3) is 5.91 Å². The average Bonchev–Trinajstić information content (AvgIpc) is 2.98. The number of nitrogens with zero attached hydrogens (tertiary/aromatic N) is 2. The Balaban J connectivity index is 1.85. The molecule has 0 bridgehead atoms. The molecule has 0 atom stereocenters. The van der Waals surface area contributed by atoms with Gasteiger partial charge in [0.2, 0.25) is 0 Å². The van der Waals surface area contributed by atoms with Gasteiger partial charge in [0.05, 0.1) is 16.9 Å². The van der Waals surface area contributed by atoms with Gasteiger partial charge in [-0.25, -0.2) is 9.48 Å². The Morgan fingerprint density at radius 1 is 1.17 bits per heavy atom. The van der Waals surface area contributed by atoms with Crippen LogP contribution in [0.5, 0.6) is 0 Å². The minimum Gasteiger partial charge on any atom is -0.480 e. The maximum absolute atomic E-state index is 12.7. The fraction of sp³-hybridized carbons (Fsp3) is 0.389. The van der Waals surface area contributed by atoms with E-state index in [9.17, 15) is 14.7 Å². The first kappa shape index (κ1) is 16.2. The van der Waals surface area contributed by atoms with Gasteiger partial charge < -0.3 is 10.4 Å². The number of aliphatic carboxylic acids is 1. The molecule has 1 aliphatic carbocycles. The Morgan fingerprint density at radius 2 is 1.83 bits per heavy atom. The molecule has 24 heavy (non-hydrogen) atoms. The van der Waals surface area contributed by atoms with Crippen LogP contribution in [0.1, 0.15) is 48.2 Å². The summed E-state index contributed by atoms with van der Waals surface area (Å²) in [6.07, 6.45) is 5.23. The largest absolute Gasteiger partial charge is 0.480 e. The summed E-state index contributed by atoms with van der Waals surface area (Å²) in [7, 11) is 0. The second-order valence-corrected chi connectivity index (χ2v) is 6.31.